The Morgan fingerprint density at radius 1 is 0.857 bits per heavy atom. The van der Waals surface area contributed by atoms with Crippen molar-refractivity contribution in [2.45, 2.75) is 6.54 Å². The van der Waals surface area contributed by atoms with E-state index in [0.29, 0.717) is 57.9 Å². The molecule has 1 fully saturated rings. The van der Waals surface area contributed by atoms with Gasteiger partial charge in [-0.25, -0.2) is 8.78 Å². The van der Waals surface area contributed by atoms with Crippen molar-refractivity contribution in [1.82, 2.24) is 19.8 Å². The van der Waals surface area contributed by atoms with Gasteiger partial charge in [0.2, 0.25) is 0 Å². The van der Waals surface area contributed by atoms with Gasteiger partial charge in [0.15, 0.2) is 0 Å². The van der Waals surface area contributed by atoms with E-state index in [0.717, 1.165) is 25.2 Å². The molecule has 2 aliphatic rings. The molecule has 5 aromatic rings. The summed E-state index contributed by atoms with van der Waals surface area (Å²) in [6.07, 6.45) is 0. The second-order valence-electron chi connectivity index (χ2n) is 9.09. The molecule has 7 nitrogen and oxygen atoms in total. The van der Waals surface area contributed by atoms with Crippen molar-refractivity contribution in [3.05, 3.63) is 59.2 Å². The zero-order chi connectivity index (χ0) is 23.8. The number of hydrogen-bond acceptors (Lipinski definition) is 4. The summed E-state index contributed by atoms with van der Waals surface area (Å²) in [6, 6.07) is 8.86. The molecule has 2 N–H and O–H groups in total. The zero-order valence-electron chi connectivity index (χ0n) is 18.6. The molecule has 0 bridgehead atoms. The Kier molecular flexibility index (Phi) is 4.31. The van der Waals surface area contributed by atoms with Gasteiger partial charge >= 0.3 is 0 Å². The molecule has 35 heavy (non-hydrogen) atoms. The minimum atomic E-state index is -0.535. The van der Waals surface area contributed by atoms with Crippen LogP contribution in [0.15, 0.2) is 36.4 Å². The third-order valence-corrected chi connectivity index (χ3v) is 7.20. The molecular formula is C26H20F2N4O3. The van der Waals surface area contributed by atoms with Crippen LogP contribution in [0.5, 0.6) is 0 Å². The number of morpholine rings is 1. The summed E-state index contributed by atoms with van der Waals surface area (Å²) in [5.74, 6) is -1.93. The molecule has 0 saturated carbocycles. The molecule has 7 rings (SSSR count). The van der Waals surface area contributed by atoms with Crippen LogP contribution in [0.1, 0.15) is 20.7 Å². The van der Waals surface area contributed by atoms with Gasteiger partial charge < -0.3 is 14.3 Å². The van der Waals surface area contributed by atoms with Crippen LogP contribution in [0.4, 0.5) is 8.78 Å². The third kappa shape index (κ3) is 2.88. The van der Waals surface area contributed by atoms with Gasteiger partial charge in [0.25, 0.3) is 11.8 Å². The number of aromatic nitrogens is 2. The first-order valence-corrected chi connectivity index (χ1v) is 11.6. The highest BCUT2D eigenvalue weighted by Crippen LogP contribution is 2.43. The van der Waals surface area contributed by atoms with Gasteiger partial charge in [0.05, 0.1) is 35.4 Å². The Balaban J connectivity index is 1.62. The molecule has 4 heterocycles. The predicted molar refractivity (Wildman–Crippen MR) is 128 cm³/mol. The highest BCUT2D eigenvalue weighted by Gasteiger charge is 2.36. The maximum absolute atomic E-state index is 14.5. The maximum Gasteiger partial charge on any atom is 0.259 e. The SMILES string of the molecule is O=C1NC(=O)c2c1c1c3cc(F)ccc3[nH]c1c1c2c2cc(F)ccc2n1CCN1CCOCC1. The number of carbonyl (C=O) groups is 2. The number of amides is 2. The number of ether oxygens (including phenoxy) is 1. The number of aromatic amines is 1. The van der Waals surface area contributed by atoms with Crippen molar-refractivity contribution in [3.8, 4) is 0 Å². The number of fused-ring (bicyclic) bond motifs is 10. The van der Waals surface area contributed by atoms with Crippen molar-refractivity contribution in [1.29, 1.82) is 0 Å². The summed E-state index contributed by atoms with van der Waals surface area (Å²) in [4.78, 5) is 31.7. The first kappa shape index (κ1) is 20.5. The van der Waals surface area contributed by atoms with Crippen LogP contribution in [0.25, 0.3) is 43.6 Å². The van der Waals surface area contributed by atoms with Crippen LogP contribution in [0.2, 0.25) is 0 Å². The number of H-pyrrole nitrogens is 1. The van der Waals surface area contributed by atoms with Crippen LogP contribution < -0.4 is 5.32 Å². The molecule has 0 unspecified atom stereocenters. The summed E-state index contributed by atoms with van der Waals surface area (Å²) in [5.41, 5.74) is 3.16. The predicted octanol–water partition coefficient (Wildman–Crippen LogP) is 3.92. The highest BCUT2D eigenvalue weighted by atomic mass is 19.1. The summed E-state index contributed by atoms with van der Waals surface area (Å²) in [6.45, 7) is 4.30. The van der Waals surface area contributed by atoms with E-state index in [9.17, 15) is 18.4 Å². The van der Waals surface area contributed by atoms with E-state index in [1.54, 1.807) is 12.1 Å². The summed E-state index contributed by atoms with van der Waals surface area (Å²) in [5, 5.41) is 4.52. The largest absolute Gasteiger partial charge is 0.379 e. The number of imide groups is 1. The maximum atomic E-state index is 14.5. The Morgan fingerprint density at radius 3 is 2.31 bits per heavy atom. The Hall–Kier alpha value is -3.82. The summed E-state index contributed by atoms with van der Waals surface area (Å²) >= 11 is 0. The lowest BCUT2D eigenvalue weighted by Crippen LogP contribution is -2.38. The molecule has 0 radical (unpaired) electrons. The number of nitrogens with zero attached hydrogens (tertiary/aromatic N) is 2. The zero-order valence-corrected chi connectivity index (χ0v) is 18.6. The molecule has 0 spiro atoms. The average Bonchev–Trinajstić information content (AvgIpc) is 3.47. The average molecular weight is 474 g/mol. The van der Waals surface area contributed by atoms with E-state index in [1.807, 2.05) is 0 Å². The van der Waals surface area contributed by atoms with E-state index in [1.165, 1.54) is 24.3 Å². The quantitative estimate of drug-likeness (QED) is 0.389. The number of nitrogens with one attached hydrogen (secondary N) is 2. The first-order chi connectivity index (χ1) is 17.0. The van der Waals surface area contributed by atoms with Crippen molar-refractivity contribution >= 4 is 55.4 Å². The molecule has 2 amide bonds. The lowest BCUT2D eigenvalue weighted by Gasteiger charge is -2.27. The van der Waals surface area contributed by atoms with Gasteiger partial charge in [0, 0.05) is 58.8 Å². The molecule has 2 aromatic heterocycles. The van der Waals surface area contributed by atoms with Gasteiger partial charge in [-0.2, -0.15) is 0 Å². The normalized spacial score (nSPS) is 16.7. The van der Waals surface area contributed by atoms with E-state index in [2.05, 4.69) is 19.8 Å². The summed E-state index contributed by atoms with van der Waals surface area (Å²) in [7, 11) is 0. The van der Waals surface area contributed by atoms with Gasteiger partial charge in [-0.15, -0.1) is 0 Å². The Morgan fingerprint density at radius 2 is 1.54 bits per heavy atom. The van der Waals surface area contributed by atoms with E-state index < -0.39 is 23.4 Å². The van der Waals surface area contributed by atoms with Crippen molar-refractivity contribution in [2.75, 3.05) is 32.8 Å². The first-order valence-electron chi connectivity index (χ1n) is 11.6. The summed E-state index contributed by atoms with van der Waals surface area (Å²) < 4.78 is 36.2. The van der Waals surface area contributed by atoms with Crippen molar-refractivity contribution in [2.24, 2.45) is 0 Å². The van der Waals surface area contributed by atoms with Gasteiger partial charge in [0.1, 0.15) is 11.6 Å². The molecule has 0 aliphatic carbocycles. The van der Waals surface area contributed by atoms with Gasteiger partial charge in [-0.05, 0) is 36.4 Å². The topological polar surface area (TPSA) is 79.4 Å². The number of benzene rings is 3. The number of hydrogen-bond donors (Lipinski definition) is 2. The van der Waals surface area contributed by atoms with E-state index in [-0.39, 0.29) is 11.1 Å². The third-order valence-electron chi connectivity index (χ3n) is 7.20. The molecule has 3 aromatic carbocycles. The second-order valence-corrected chi connectivity index (χ2v) is 9.09. The van der Waals surface area contributed by atoms with Gasteiger partial charge in [-0.1, -0.05) is 0 Å². The smallest absolute Gasteiger partial charge is 0.259 e. The van der Waals surface area contributed by atoms with Crippen LogP contribution >= 0.6 is 0 Å². The fourth-order valence-electron chi connectivity index (χ4n) is 5.67. The van der Waals surface area contributed by atoms with Crippen LogP contribution in [0, 0.1) is 11.6 Å². The highest BCUT2D eigenvalue weighted by molar-refractivity contribution is 6.39. The standard InChI is InChI=1S/C26H20F2N4O3/c27-13-1-3-17-15(11-13)19-21-22(26(34)30-25(21)33)20-16-12-14(28)2-4-18(16)32(24(20)23(19)29-17)6-5-31-7-9-35-10-8-31/h1-4,11-12,29H,5-10H2,(H,30,33,34). The van der Waals surface area contributed by atoms with Crippen molar-refractivity contribution in [3.63, 3.8) is 0 Å². The second kappa shape index (κ2) is 7.34. The molecule has 9 heteroatoms. The van der Waals surface area contributed by atoms with E-state index >= 15 is 0 Å². The molecule has 0 atom stereocenters. The molecular weight excluding hydrogens is 454 g/mol. The van der Waals surface area contributed by atoms with Crippen LogP contribution in [-0.2, 0) is 11.3 Å². The van der Waals surface area contributed by atoms with Crippen molar-refractivity contribution < 1.29 is 23.1 Å². The monoisotopic (exact) mass is 474 g/mol. The molecule has 176 valence electrons. The Labute approximate surface area is 197 Å². The lowest BCUT2D eigenvalue weighted by atomic mass is 9.96. The number of halogens is 2. The van der Waals surface area contributed by atoms with Gasteiger partial charge in [-0.3, -0.25) is 19.8 Å². The van der Waals surface area contributed by atoms with Crippen LogP contribution in [0.3, 0.4) is 0 Å². The molecule has 2 aliphatic heterocycles. The van der Waals surface area contributed by atoms with E-state index in [4.69, 9.17) is 4.74 Å². The Bertz CT molecular complexity index is 1730. The fourth-order valence-corrected chi connectivity index (χ4v) is 5.67. The number of rotatable bonds is 3. The molecule has 1 saturated heterocycles. The number of carbonyl (C=O) groups excluding carboxylic acids is 2. The van der Waals surface area contributed by atoms with Crippen LogP contribution in [-0.4, -0.2) is 59.1 Å². The minimum absolute atomic E-state index is 0.200. The lowest BCUT2D eigenvalue weighted by molar-refractivity contribution is 0.0366. The fraction of sp³-hybridized carbons (Fsp3) is 0.231. The minimum Gasteiger partial charge on any atom is -0.379 e.